The van der Waals surface area contributed by atoms with Crippen LogP contribution >= 0.6 is 45.8 Å². The van der Waals surface area contributed by atoms with Crippen molar-refractivity contribution >= 4 is 63.8 Å². The number of halogens is 4. The van der Waals surface area contributed by atoms with Crippen molar-refractivity contribution in [2.45, 2.75) is 13.5 Å². The first-order valence-electron chi connectivity index (χ1n) is 11.1. The molecule has 1 N–H and O–H groups in total. The van der Waals surface area contributed by atoms with E-state index in [1.54, 1.807) is 18.3 Å². The molecule has 0 aliphatic carbocycles. The van der Waals surface area contributed by atoms with Gasteiger partial charge in [0.25, 0.3) is 0 Å². The van der Waals surface area contributed by atoms with Crippen LogP contribution in [0.2, 0.25) is 10.0 Å². The third-order valence-electron chi connectivity index (χ3n) is 5.11. The molecule has 1 aliphatic rings. The molecular formula is C24H23Cl2FIN5O3. The maximum absolute atomic E-state index is 14.2. The average Bonchev–Trinajstić information content (AvgIpc) is 2.87. The molecule has 1 aliphatic heterocycles. The van der Waals surface area contributed by atoms with Crippen LogP contribution in [0.3, 0.4) is 0 Å². The van der Waals surface area contributed by atoms with E-state index in [4.69, 9.17) is 37.4 Å². The first-order valence-corrected chi connectivity index (χ1v) is 13.0. The molecule has 0 atom stereocenters. The summed E-state index contributed by atoms with van der Waals surface area (Å²) in [5.74, 6) is 1.13. The fraction of sp³-hybridized carbons (Fsp3) is 0.292. The Morgan fingerprint density at radius 2 is 2.00 bits per heavy atom. The van der Waals surface area contributed by atoms with Gasteiger partial charge in [-0.1, -0.05) is 29.3 Å². The van der Waals surface area contributed by atoms with E-state index in [-0.39, 0.29) is 11.8 Å². The maximum Gasteiger partial charge on any atom is 0.245 e. The van der Waals surface area contributed by atoms with E-state index in [2.05, 4.69) is 43.1 Å². The summed E-state index contributed by atoms with van der Waals surface area (Å²) in [6, 6.07) is 9.09. The van der Waals surface area contributed by atoms with Crippen LogP contribution in [0.25, 0.3) is 0 Å². The fourth-order valence-corrected chi connectivity index (χ4v) is 4.53. The summed E-state index contributed by atoms with van der Waals surface area (Å²) in [6.07, 6.45) is 2.74. The Hall–Kier alpha value is -2.41. The van der Waals surface area contributed by atoms with Crippen molar-refractivity contribution in [3.05, 3.63) is 67.1 Å². The maximum atomic E-state index is 14.2. The SMILES string of the molecule is CCOc1cc(/C=N\Nc2ncc(F)c(N3CCOCC3)n2)cc(I)c1OCc1ccc(Cl)c(Cl)c1. The van der Waals surface area contributed by atoms with Crippen molar-refractivity contribution in [3.8, 4) is 11.5 Å². The third-order valence-corrected chi connectivity index (χ3v) is 6.65. The number of hydrogen-bond acceptors (Lipinski definition) is 8. The van der Waals surface area contributed by atoms with Crippen LogP contribution in [-0.2, 0) is 11.3 Å². The van der Waals surface area contributed by atoms with Crippen molar-refractivity contribution < 1.29 is 18.6 Å². The van der Waals surface area contributed by atoms with Gasteiger partial charge in [-0.05, 0) is 64.9 Å². The zero-order valence-corrected chi connectivity index (χ0v) is 23.0. The molecule has 0 bridgehead atoms. The van der Waals surface area contributed by atoms with Crippen LogP contribution in [0.15, 0.2) is 41.6 Å². The number of hydrogen-bond donors (Lipinski definition) is 1. The molecule has 1 aromatic heterocycles. The Bertz CT molecular complexity index is 1240. The molecule has 12 heteroatoms. The van der Waals surface area contributed by atoms with Crippen LogP contribution in [0.1, 0.15) is 18.1 Å². The molecule has 1 saturated heterocycles. The number of ether oxygens (including phenoxy) is 3. The molecule has 2 aromatic carbocycles. The highest BCUT2D eigenvalue weighted by Crippen LogP contribution is 2.35. The number of morpholine rings is 1. The smallest absolute Gasteiger partial charge is 0.245 e. The Kier molecular flexibility index (Phi) is 9.41. The van der Waals surface area contributed by atoms with Gasteiger partial charge in [0.1, 0.15) is 6.61 Å². The lowest BCUT2D eigenvalue weighted by atomic mass is 10.2. The molecule has 4 rings (SSSR count). The highest BCUT2D eigenvalue weighted by atomic mass is 127. The lowest BCUT2D eigenvalue weighted by Crippen LogP contribution is -2.37. The predicted octanol–water partition coefficient (Wildman–Crippen LogP) is 5.79. The van der Waals surface area contributed by atoms with Gasteiger partial charge in [-0.2, -0.15) is 10.1 Å². The summed E-state index contributed by atoms with van der Waals surface area (Å²) in [7, 11) is 0. The second-order valence-corrected chi connectivity index (χ2v) is 9.61. The van der Waals surface area contributed by atoms with E-state index < -0.39 is 5.82 Å². The zero-order valence-electron chi connectivity index (χ0n) is 19.3. The number of rotatable bonds is 9. The molecule has 36 heavy (non-hydrogen) atoms. The monoisotopic (exact) mass is 645 g/mol. The van der Waals surface area contributed by atoms with Crippen LogP contribution in [0, 0.1) is 9.39 Å². The van der Waals surface area contributed by atoms with Crippen LogP contribution in [-0.4, -0.2) is 49.1 Å². The molecule has 0 amide bonds. The van der Waals surface area contributed by atoms with E-state index in [0.717, 1.165) is 20.9 Å². The van der Waals surface area contributed by atoms with Gasteiger partial charge in [0.2, 0.25) is 5.95 Å². The molecule has 3 aromatic rings. The molecule has 0 spiro atoms. The summed E-state index contributed by atoms with van der Waals surface area (Å²) < 4.78 is 32.3. The van der Waals surface area contributed by atoms with Crippen LogP contribution in [0.4, 0.5) is 16.2 Å². The topological polar surface area (TPSA) is 81.1 Å². The summed E-state index contributed by atoms with van der Waals surface area (Å²) in [6.45, 7) is 4.84. The van der Waals surface area contributed by atoms with Gasteiger partial charge < -0.3 is 19.1 Å². The number of hydrazone groups is 1. The van der Waals surface area contributed by atoms with Crippen LogP contribution in [0.5, 0.6) is 11.5 Å². The van der Waals surface area contributed by atoms with Gasteiger partial charge in [-0.15, -0.1) is 0 Å². The van der Waals surface area contributed by atoms with Crippen LogP contribution < -0.4 is 19.8 Å². The summed E-state index contributed by atoms with van der Waals surface area (Å²) in [4.78, 5) is 10.1. The van der Waals surface area contributed by atoms with Crippen molar-refractivity contribution in [2.24, 2.45) is 5.10 Å². The number of anilines is 2. The summed E-state index contributed by atoms with van der Waals surface area (Å²) in [5.41, 5.74) is 4.42. The fourth-order valence-electron chi connectivity index (χ4n) is 3.42. The molecule has 0 unspecified atom stereocenters. The van der Waals surface area contributed by atoms with Crippen molar-refractivity contribution in [1.82, 2.24) is 9.97 Å². The zero-order chi connectivity index (χ0) is 25.5. The van der Waals surface area contributed by atoms with Gasteiger partial charge in [0, 0.05) is 13.1 Å². The second-order valence-electron chi connectivity index (χ2n) is 7.63. The number of benzene rings is 2. The first kappa shape index (κ1) is 26.6. The second kappa shape index (κ2) is 12.7. The Labute approximate surface area is 231 Å². The highest BCUT2D eigenvalue weighted by Gasteiger charge is 2.18. The van der Waals surface area contributed by atoms with E-state index in [0.29, 0.717) is 61.1 Å². The number of nitrogens with one attached hydrogen (secondary N) is 1. The Morgan fingerprint density at radius 3 is 2.75 bits per heavy atom. The van der Waals surface area contributed by atoms with E-state index in [1.165, 1.54) is 0 Å². The Morgan fingerprint density at radius 1 is 1.19 bits per heavy atom. The van der Waals surface area contributed by atoms with Gasteiger partial charge in [0.05, 0.1) is 45.8 Å². The van der Waals surface area contributed by atoms with Gasteiger partial charge in [-0.3, -0.25) is 0 Å². The standard InChI is InChI=1S/C24H23Cl2FIN5O3/c1-2-35-21-11-16(10-20(28)22(21)36-14-15-3-4-17(25)18(26)9-15)12-30-32-24-29-13-19(27)23(31-24)33-5-7-34-8-6-33/h3-4,9-13H,2,5-8,14H2,1H3,(H,29,31,32)/b30-12-. The largest absolute Gasteiger partial charge is 0.490 e. The summed E-state index contributed by atoms with van der Waals surface area (Å²) in [5, 5.41) is 5.18. The molecule has 8 nitrogen and oxygen atoms in total. The highest BCUT2D eigenvalue weighted by molar-refractivity contribution is 14.1. The predicted molar refractivity (Wildman–Crippen MR) is 147 cm³/mol. The summed E-state index contributed by atoms with van der Waals surface area (Å²) >= 11 is 14.3. The molecule has 190 valence electrons. The van der Waals surface area contributed by atoms with Crippen molar-refractivity contribution in [2.75, 3.05) is 43.2 Å². The first-order chi connectivity index (χ1) is 17.4. The number of nitrogens with zero attached hydrogens (tertiary/aromatic N) is 4. The normalized spacial score (nSPS) is 13.8. The van der Waals surface area contributed by atoms with Gasteiger partial charge >= 0.3 is 0 Å². The third kappa shape index (κ3) is 6.87. The Balaban J connectivity index is 1.46. The minimum atomic E-state index is -0.487. The van der Waals surface area contributed by atoms with Crippen molar-refractivity contribution in [3.63, 3.8) is 0 Å². The minimum Gasteiger partial charge on any atom is -0.490 e. The van der Waals surface area contributed by atoms with E-state index in [9.17, 15) is 4.39 Å². The van der Waals surface area contributed by atoms with Gasteiger partial charge in [-0.25, -0.2) is 14.8 Å². The molecule has 0 saturated carbocycles. The molecule has 1 fully saturated rings. The molecule has 2 heterocycles. The minimum absolute atomic E-state index is 0.190. The van der Waals surface area contributed by atoms with Gasteiger partial charge in [0.15, 0.2) is 23.1 Å². The van der Waals surface area contributed by atoms with E-state index in [1.807, 2.05) is 30.0 Å². The lowest BCUT2D eigenvalue weighted by Gasteiger charge is -2.27. The lowest BCUT2D eigenvalue weighted by molar-refractivity contribution is 0.122. The van der Waals surface area contributed by atoms with Crippen molar-refractivity contribution in [1.29, 1.82) is 0 Å². The van der Waals surface area contributed by atoms with E-state index >= 15 is 0 Å². The molecule has 0 radical (unpaired) electrons. The quantitative estimate of drug-likeness (QED) is 0.179. The molecular weight excluding hydrogens is 623 g/mol. The number of aromatic nitrogens is 2. The average molecular weight is 646 g/mol.